The standard InChI is InChI=1S/C20H23ClN2O2/c1-14-6-8-16(9-7-14)10-11-19(24)22-13-20(25)23-15(2)17-4-3-5-18(21)12-17/h3-9,12,15H,10-11,13H2,1-2H3,(H,22,24)(H,23,25)/t15-/m1/s1. The van der Waals surface area contributed by atoms with Gasteiger partial charge in [-0.2, -0.15) is 0 Å². The van der Waals surface area contributed by atoms with Crippen molar-refractivity contribution in [3.63, 3.8) is 0 Å². The Morgan fingerprint density at radius 3 is 2.48 bits per heavy atom. The van der Waals surface area contributed by atoms with Crippen LogP contribution in [-0.4, -0.2) is 18.4 Å². The second-order valence-electron chi connectivity index (χ2n) is 6.11. The summed E-state index contributed by atoms with van der Waals surface area (Å²) in [5.41, 5.74) is 3.23. The van der Waals surface area contributed by atoms with Crippen LogP contribution in [-0.2, 0) is 16.0 Å². The zero-order valence-electron chi connectivity index (χ0n) is 14.5. The van der Waals surface area contributed by atoms with Crippen molar-refractivity contribution in [2.75, 3.05) is 6.54 Å². The molecule has 0 bridgehead atoms. The van der Waals surface area contributed by atoms with E-state index in [1.54, 1.807) is 6.07 Å². The maximum absolute atomic E-state index is 12.0. The number of halogens is 1. The highest BCUT2D eigenvalue weighted by molar-refractivity contribution is 6.30. The molecule has 0 saturated carbocycles. The van der Waals surface area contributed by atoms with Crippen molar-refractivity contribution >= 4 is 23.4 Å². The van der Waals surface area contributed by atoms with Gasteiger partial charge in [0.1, 0.15) is 0 Å². The van der Waals surface area contributed by atoms with E-state index >= 15 is 0 Å². The number of hydrogen-bond acceptors (Lipinski definition) is 2. The van der Waals surface area contributed by atoms with Gasteiger partial charge in [-0.1, -0.05) is 53.6 Å². The Hall–Kier alpha value is -2.33. The van der Waals surface area contributed by atoms with Gasteiger partial charge < -0.3 is 10.6 Å². The molecule has 5 heteroatoms. The lowest BCUT2D eigenvalue weighted by molar-refractivity contribution is -0.126. The highest BCUT2D eigenvalue weighted by Crippen LogP contribution is 2.17. The molecule has 2 rings (SSSR count). The Morgan fingerprint density at radius 1 is 1.08 bits per heavy atom. The highest BCUT2D eigenvalue weighted by Gasteiger charge is 2.11. The van der Waals surface area contributed by atoms with Gasteiger partial charge in [0.05, 0.1) is 12.6 Å². The lowest BCUT2D eigenvalue weighted by atomic mass is 10.1. The van der Waals surface area contributed by atoms with Gasteiger partial charge in [-0.3, -0.25) is 9.59 Å². The predicted molar refractivity (Wildman–Crippen MR) is 101 cm³/mol. The third-order valence-electron chi connectivity index (χ3n) is 3.93. The molecule has 0 aliphatic carbocycles. The SMILES string of the molecule is Cc1ccc(CCC(=O)NCC(=O)N[C@H](C)c2cccc(Cl)c2)cc1. The van der Waals surface area contributed by atoms with E-state index in [4.69, 9.17) is 11.6 Å². The molecule has 0 aromatic heterocycles. The molecule has 2 aromatic rings. The van der Waals surface area contributed by atoms with Crippen molar-refractivity contribution < 1.29 is 9.59 Å². The van der Waals surface area contributed by atoms with Gasteiger partial charge >= 0.3 is 0 Å². The average molecular weight is 359 g/mol. The summed E-state index contributed by atoms with van der Waals surface area (Å²) in [7, 11) is 0. The molecule has 0 unspecified atom stereocenters. The third kappa shape index (κ3) is 6.59. The molecular weight excluding hydrogens is 336 g/mol. The zero-order valence-corrected chi connectivity index (χ0v) is 15.3. The summed E-state index contributed by atoms with van der Waals surface area (Å²) in [4.78, 5) is 23.8. The normalized spacial score (nSPS) is 11.6. The van der Waals surface area contributed by atoms with E-state index < -0.39 is 0 Å². The molecule has 25 heavy (non-hydrogen) atoms. The molecule has 2 amide bonds. The van der Waals surface area contributed by atoms with Crippen molar-refractivity contribution in [3.05, 3.63) is 70.2 Å². The van der Waals surface area contributed by atoms with Crippen LogP contribution >= 0.6 is 11.6 Å². The fourth-order valence-electron chi connectivity index (χ4n) is 2.43. The van der Waals surface area contributed by atoms with E-state index in [0.29, 0.717) is 17.9 Å². The Kier molecular flexibility index (Phi) is 7.02. The molecule has 0 aliphatic heterocycles. The second kappa shape index (κ2) is 9.23. The fraction of sp³-hybridized carbons (Fsp3) is 0.300. The minimum absolute atomic E-state index is 0.0301. The molecular formula is C20H23ClN2O2. The first-order chi connectivity index (χ1) is 11.9. The zero-order chi connectivity index (χ0) is 18.2. The maximum Gasteiger partial charge on any atom is 0.239 e. The summed E-state index contributed by atoms with van der Waals surface area (Å²) in [6.07, 6.45) is 1.02. The minimum Gasteiger partial charge on any atom is -0.348 e. The summed E-state index contributed by atoms with van der Waals surface area (Å²) in [6.45, 7) is 3.87. The molecule has 0 radical (unpaired) electrons. The molecule has 0 heterocycles. The molecule has 4 nitrogen and oxygen atoms in total. The Morgan fingerprint density at radius 2 is 1.80 bits per heavy atom. The summed E-state index contributed by atoms with van der Waals surface area (Å²) in [5, 5.41) is 6.13. The largest absolute Gasteiger partial charge is 0.348 e. The summed E-state index contributed by atoms with van der Waals surface area (Å²) >= 11 is 5.95. The first kappa shape index (κ1) is 19.0. The van der Waals surface area contributed by atoms with Crippen LogP contribution in [0.4, 0.5) is 0 Å². The maximum atomic E-state index is 12.0. The molecule has 2 N–H and O–H groups in total. The van der Waals surface area contributed by atoms with E-state index in [1.807, 2.05) is 56.3 Å². The molecule has 0 aliphatic rings. The van der Waals surface area contributed by atoms with Crippen molar-refractivity contribution in [1.29, 1.82) is 0 Å². The van der Waals surface area contributed by atoms with Crippen molar-refractivity contribution in [2.24, 2.45) is 0 Å². The van der Waals surface area contributed by atoms with Gasteiger partial charge in [-0.25, -0.2) is 0 Å². The molecule has 2 aromatic carbocycles. The van der Waals surface area contributed by atoms with E-state index in [1.165, 1.54) is 5.56 Å². The third-order valence-corrected chi connectivity index (χ3v) is 4.17. The van der Waals surface area contributed by atoms with E-state index in [0.717, 1.165) is 11.1 Å². The van der Waals surface area contributed by atoms with Gasteiger partial charge in [0.25, 0.3) is 0 Å². The van der Waals surface area contributed by atoms with Gasteiger partial charge in [0.15, 0.2) is 0 Å². The smallest absolute Gasteiger partial charge is 0.239 e. The summed E-state index contributed by atoms with van der Waals surface area (Å²) < 4.78 is 0. The summed E-state index contributed by atoms with van der Waals surface area (Å²) in [5.74, 6) is -0.359. The highest BCUT2D eigenvalue weighted by atomic mass is 35.5. The number of nitrogens with one attached hydrogen (secondary N) is 2. The van der Waals surface area contributed by atoms with Crippen molar-refractivity contribution in [2.45, 2.75) is 32.7 Å². The van der Waals surface area contributed by atoms with Crippen LogP contribution in [0, 0.1) is 6.92 Å². The van der Waals surface area contributed by atoms with Crippen LogP contribution < -0.4 is 10.6 Å². The number of rotatable bonds is 7. The fourth-order valence-corrected chi connectivity index (χ4v) is 2.63. The van der Waals surface area contributed by atoms with Crippen LogP contribution in [0.15, 0.2) is 48.5 Å². The topological polar surface area (TPSA) is 58.2 Å². The molecule has 132 valence electrons. The van der Waals surface area contributed by atoms with Crippen LogP contribution in [0.25, 0.3) is 0 Å². The van der Waals surface area contributed by atoms with Gasteiger partial charge in [0.2, 0.25) is 11.8 Å². The first-order valence-electron chi connectivity index (χ1n) is 8.31. The second-order valence-corrected chi connectivity index (χ2v) is 6.54. The number of hydrogen-bond donors (Lipinski definition) is 2. The Balaban J connectivity index is 1.71. The molecule has 0 fully saturated rings. The van der Waals surface area contributed by atoms with Crippen LogP contribution in [0.5, 0.6) is 0 Å². The number of carbonyl (C=O) groups excluding carboxylic acids is 2. The monoisotopic (exact) mass is 358 g/mol. The average Bonchev–Trinajstić information content (AvgIpc) is 2.59. The molecule has 1 atom stereocenters. The van der Waals surface area contributed by atoms with Gasteiger partial charge in [-0.15, -0.1) is 0 Å². The van der Waals surface area contributed by atoms with E-state index in [9.17, 15) is 9.59 Å². The molecule has 0 spiro atoms. The number of carbonyl (C=O) groups is 2. The van der Waals surface area contributed by atoms with Crippen molar-refractivity contribution in [3.8, 4) is 0 Å². The quantitative estimate of drug-likeness (QED) is 0.794. The lowest BCUT2D eigenvalue weighted by Crippen LogP contribution is -2.38. The molecule has 0 saturated heterocycles. The first-order valence-corrected chi connectivity index (χ1v) is 8.69. The Bertz CT molecular complexity index is 729. The van der Waals surface area contributed by atoms with Crippen LogP contribution in [0.2, 0.25) is 5.02 Å². The summed E-state index contributed by atoms with van der Waals surface area (Å²) in [6, 6.07) is 15.3. The lowest BCUT2D eigenvalue weighted by Gasteiger charge is -2.15. The minimum atomic E-state index is -0.226. The van der Waals surface area contributed by atoms with E-state index in [2.05, 4.69) is 10.6 Å². The van der Waals surface area contributed by atoms with Gasteiger partial charge in [-0.05, 0) is 43.5 Å². The van der Waals surface area contributed by atoms with Crippen LogP contribution in [0.1, 0.15) is 36.1 Å². The van der Waals surface area contributed by atoms with Gasteiger partial charge in [0, 0.05) is 11.4 Å². The number of aryl methyl sites for hydroxylation is 2. The van der Waals surface area contributed by atoms with Crippen molar-refractivity contribution in [1.82, 2.24) is 10.6 Å². The number of amides is 2. The Labute approximate surface area is 153 Å². The predicted octanol–water partition coefficient (Wildman–Crippen LogP) is 3.57. The van der Waals surface area contributed by atoms with Crippen LogP contribution in [0.3, 0.4) is 0 Å². The van der Waals surface area contributed by atoms with E-state index in [-0.39, 0.29) is 24.4 Å². The number of benzene rings is 2.